The molecule has 78 heavy (non-hydrogen) atoms. The number of ether oxygens (including phenoxy) is 1. The van der Waals surface area contributed by atoms with Crippen molar-refractivity contribution in [1.82, 2.24) is 18.7 Å². The molecule has 0 aliphatic carbocycles. The van der Waals surface area contributed by atoms with E-state index in [1.165, 1.54) is 48.6 Å². The highest BCUT2D eigenvalue weighted by Crippen LogP contribution is 2.42. The molecule has 1 aliphatic heterocycles. The van der Waals surface area contributed by atoms with Gasteiger partial charge in [0.1, 0.15) is 17.3 Å². The van der Waals surface area contributed by atoms with Crippen LogP contribution in [0.1, 0.15) is 79.0 Å². The molecule has 6 heteroatoms. The summed E-state index contributed by atoms with van der Waals surface area (Å²) in [6.45, 7) is 20.6. The Hall–Kier alpha value is -8.67. The molecule has 12 rings (SSSR count). The first-order valence-electron chi connectivity index (χ1n) is 27.3. The van der Waals surface area contributed by atoms with Crippen molar-refractivity contribution in [3.8, 4) is 28.4 Å². The number of pyridine rings is 1. The Kier molecular flexibility index (Phi) is 12.5. The molecule has 11 aromatic rings. The largest absolute Gasteiger partial charge is 0.503 e. The normalized spacial score (nSPS) is 12.9. The second-order valence-corrected chi connectivity index (χ2v) is 27.7. The van der Waals surface area contributed by atoms with E-state index < -0.39 is 8.07 Å². The van der Waals surface area contributed by atoms with Crippen molar-refractivity contribution in [2.75, 3.05) is 0 Å². The number of benzene rings is 9. The van der Waals surface area contributed by atoms with Gasteiger partial charge in [-0.3, -0.25) is 4.57 Å². The minimum atomic E-state index is -3.06. The van der Waals surface area contributed by atoms with E-state index in [1.807, 2.05) is 6.20 Å². The second-order valence-electron chi connectivity index (χ2n) is 23.9. The minimum absolute atomic E-state index is 0.0535. The molecule has 0 saturated heterocycles. The summed E-state index contributed by atoms with van der Waals surface area (Å²) in [7, 11) is -3.06. The van der Waals surface area contributed by atoms with Gasteiger partial charge < -0.3 is 4.74 Å². The van der Waals surface area contributed by atoms with Gasteiger partial charge >= 0.3 is 6.01 Å². The van der Waals surface area contributed by atoms with E-state index in [1.54, 1.807) is 0 Å². The van der Waals surface area contributed by atoms with Crippen LogP contribution in [0.4, 0.5) is 22.7 Å². The summed E-state index contributed by atoms with van der Waals surface area (Å²) >= 11 is 0. The zero-order valence-electron chi connectivity index (χ0n) is 46.2. The summed E-state index contributed by atoms with van der Waals surface area (Å²) in [5.41, 5.74) is 12.2. The van der Waals surface area contributed by atoms with Crippen LogP contribution in [0.5, 0.6) is 11.5 Å². The average molecular weight is 1030 g/mol. The SMILES string of the molecule is CC(C)(C)c1cc([N+]2=C=[N+](c3cccc(Oc4ccc5c6cc(-c7ccccc7)ccc6n(-c6cc(C(C)(C)C)ccn6)c5c4)c3)c3cccc([Si](c4ccccc4)(c4ccccc4)c4ccccc4)c32)cc(C(C)(C)C)c1. The van der Waals surface area contributed by atoms with Crippen LogP contribution in [-0.4, -0.2) is 23.6 Å². The molecule has 0 spiro atoms. The van der Waals surface area contributed by atoms with Gasteiger partial charge in [0.25, 0.3) is 11.4 Å². The predicted octanol–water partition coefficient (Wildman–Crippen LogP) is 15.8. The highest BCUT2D eigenvalue weighted by atomic mass is 28.3. The highest BCUT2D eigenvalue weighted by Gasteiger charge is 2.50. The van der Waals surface area contributed by atoms with Crippen LogP contribution in [0, 0.1) is 0 Å². The number of hydrogen-bond donors (Lipinski definition) is 0. The third-order valence-corrected chi connectivity index (χ3v) is 20.4. The maximum absolute atomic E-state index is 7.01. The van der Waals surface area contributed by atoms with Crippen LogP contribution in [0.25, 0.3) is 38.8 Å². The van der Waals surface area contributed by atoms with Gasteiger partial charge in [-0.25, -0.2) is 4.98 Å². The summed E-state index contributed by atoms with van der Waals surface area (Å²) in [5.74, 6) is 2.33. The lowest BCUT2D eigenvalue weighted by Crippen LogP contribution is -2.75. The fraction of sp³-hybridized carbons (Fsp3) is 0.167. The van der Waals surface area contributed by atoms with Crippen LogP contribution in [0.15, 0.2) is 237 Å². The van der Waals surface area contributed by atoms with Crippen molar-refractivity contribution in [2.45, 2.75) is 78.6 Å². The van der Waals surface area contributed by atoms with E-state index in [2.05, 4.69) is 313 Å². The maximum atomic E-state index is 7.01. The van der Waals surface area contributed by atoms with Gasteiger partial charge in [0.05, 0.1) is 17.1 Å². The van der Waals surface area contributed by atoms with E-state index in [4.69, 9.17) is 9.72 Å². The topological polar surface area (TPSA) is 33.1 Å². The lowest BCUT2D eigenvalue weighted by atomic mass is 9.80. The number of para-hydroxylation sites is 1. The van der Waals surface area contributed by atoms with Crippen LogP contribution in [0.2, 0.25) is 0 Å². The molecule has 0 unspecified atom stereocenters. The van der Waals surface area contributed by atoms with E-state index in [0.29, 0.717) is 0 Å². The summed E-state index contributed by atoms with van der Waals surface area (Å²) in [6.07, 6.45) is 1.93. The van der Waals surface area contributed by atoms with Crippen LogP contribution in [0.3, 0.4) is 0 Å². The minimum Gasteiger partial charge on any atom is -0.457 e. The smallest absolute Gasteiger partial charge is 0.457 e. The fourth-order valence-electron chi connectivity index (χ4n) is 11.4. The molecule has 0 saturated carbocycles. The van der Waals surface area contributed by atoms with Crippen molar-refractivity contribution in [2.24, 2.45) is 0 Å². The van der Waals surface area contributed by atoms with Crippen LogP contribution < -0.4 is 34.6 Å². The third-order valence-electron chi connectivity index (χ3n) is 15.6. The number of rotatable bonds is 10. The van der Waals surface area contributed by atoms with Gasteiger partial charge in [-0.1, -0.05) is 214 Å². The van der Waals surface area contributed by atoms with Crippen molar-refractivity contribution in [3.05, 3.63) is 253 Å². The molecule has 0 bridgehead atoms. The van der Waals surface area contributed by atoms with Gasteiger partial charge in [0, 0.05) is 52.5 Å². The van der Waals surface area contributed by atoms with Gasteiger partial charge in [-0.05, 0) is 111 Å². The lowest BCUT2D eigenvalue weighted by molar-refractivity contribution is 0.483. The first-order valence-corrected chi connectivity index (χ1v) is 29.3. The number of aromatic nitrogens is 2. The lowest BCUT2D eigenvalue weighted by Gasteiger charge is -2.33. The average Bonchev–Trinajstić information content (AvgIpc) is 4.13. The van der Waals surface area contributed by atoms with Crippen molar-refractivity contribution < 1.29 is 4.74 Å². The zero-order valence-corrected chi connectivity index (χ0v) is 47.2. The Morgan fingerprint density at radius 1 is 0.423 bits per heavy atom. The first-order chi connectivity index (χ1) is 37.6. The molecule has 2 aromatic heterocycles. The van der Waals surface area contributed by atoms with Crippen molar-refractivity contribution in [1.29, 1.82) is 0 Å². The molecule has 0 amide bonds. The fourth-order valence-corrected chi connectivity index (χ4v) is 16.4. The number of fused-ring (bicyclic) bond motifs is 4. The molecule has 0 fully saturated rings. The Labute approximate surface area is 460 Å². The van der Waals surface area contributed by atoms with E-state index in [0.717, 1.165) is 61.9 Å². The Balaban J connectivity index is 1.05. The van der Waals surface area contributed by atoms with E-state index >= 15 is 0 Å². The quantitative estimate of drug-likeness (QED) is 0.0777. The number of hydrogen-bond acceptors (Lipinski definition) is 2. The second kappa shape index (κ2) is 19.4. The van der Waals surface area contributed by atoms with Gasteiger partial charge in [0.2, 0.25) is 11.4 Å². The molecule has 0 N–H and O–H groups in total. The molecule has 5 nitrogen and oxygen atoms in total. The van der Waals surface area contributed by atoms with Gasteiger partial charge in [0.15, 0.2) is 8.07 Å². The monoisotopic (exact) mass is 1030 g/mol. The summed E-state index contributed by atoms with van der Waals surface area (Å²) in [4.78, 5) is 5.01. The molecule has 9 aromatic carbocycles. The molecule has 3 heterocycles. The Bertz CT molecular complexity index is 4010. The van der Waals surface area contributed by atoms with Crippen molar-refractivity contribution >= 4 is 79.4 Å². The summed E-state index contributed by atoms with van der Waals surface area (Å²) < 4.78 is 13.9. The molecule has 0 atom stereocenters. The standard InChI is InChI=1S/C72H66N4OSi/c1-70(2,3)52-40-41-73-68(46-52)76-64-39-36-51(50-24-14-10-15-25-50)42-63(64)62-38-37-58(48-66(62)76)77-57-27-22-26-55(47-57)74-49-75(56-44-53(71(4,5)6)43-54(45-56)72(7,8)9)69-65(74)34-23-35-67(69)78(59-28-16-11-17-29-59,60-30-18-12-19-31-60)61-32-20-13-21-33-61/h10-48H,1-9H3/q+2. The summed E-state index contributed by atoms with van der Waals surface area (Å²) in [6, 6.07) is 88.4. The molecule has 0 radical (unpaired) electrons. The molecule has 382 valence electrons. The Morgan fingerprint density at radius 2 is 1.00 bits per heavy atom. The first kappa shape index (κ1) is 50.2. The van der Waals surface area contributed by atoms with E-state index in [9.17, 15) is 0 Å². The highest BCUT2D eigenvalue weighted by molar-refractivity contribution is 7.20. The zero-order chi connectivity index (χ0) is 54.0. The van der Waals surface area contributed by atoms with E-state index in [-0.39, 0.29) is 16.2 Å². The molecular formula is C72H66N4OSi+2. The number of nitrogens with zero attached hydrogens (tertiary/aromatic N) is 4. The van der Waals surface area contributed by atoms with Gasteiger partial charge in [-0.2, -0.15) is 0 Å². The summed E-state index contributed by atoms with van der Waals surface area (Å²) in [5, 5.41) is 7.52. The predicted molar refractivity (Wildman–Crippen MR) is 331 cm³/mol. The third kappa shape index (κ3) is 9.01. The van der Waals surface area contributed by atoms with Crippen LogP contribution >= 0.6 is 0 Å². The van der Waals surface area contributed by atoms with Gasteiger partial charge in [-0.15, -0.1) is 0 Å². The Morgan fingerprint density at radius 3 is 1.60 bits per heavy atom. The maximum Gasteiger partial charge on any atom is 0.503 e. The van der Waals surface area contributed by atoms with Crippen molar-refractivity contribution in [3.63, 3.8) is 0 Å². The van der Waals surface area contributed by atoms with Crippen LogP contribution in [-0.2, 0) is 16.2 Å². The molecular weight excluding hydrogens is 965 g/mol. The molecule has 1 aliphatic rings.